The molecule has 1 fully saturated rings. The maximum absolute atomic E-state index is 14.1. The monoisotopic (exact) mass is 269 g/mol. The van der Waals surface area contributed by atoms with Crippen LogP contribution in [-0.4, -0.2) is 14.3 Å². The summed E-state index contributed by atoms with van der Waals surface area (Å²) in [7, 11) is 0. The number of fused-ring (bicyclic) bond motifs is 1. The van der Waals surface area contributed by atoms with Crippen molar-refractivity contribution >= 4 is 10.8 Å². The minimum Gasteiger partial charge on any atom is -0.267 e. The van der Waals surface area contributed by atoms with E-state index in [-0.39, 0.29) is 5.56 Å². The van der Waals surface area contributed by atoms with Crippen LogP contribution < -0.4 is 5.56 Å². The zero-order valence-corrected chi connectivity index (χ0v) is 10.7. The summed E-state index contributed by atoms with van der Waals surface area (Å²) in [5.41, 5.74) is 0.715. The first-order chi connectivity index (χ1) is 9.74. The van der Waals surface area contributed by atoms with E-state index in [1.54, 1.807) is 41.5 Å². The van der Waals surface area contributed by atoms with Crippen LogP contribution in [0.5, 0.6) is 0 Å². The van der Waals surface area contributed by atoms with Gasteiger partial charge in [0, 0.05) is 11.3 Å². The molecule has 4 rings (SSSR count). The Bertz CT molecular complexity index is 861. The third-order valence-corrected chi connectivity index (χ3v) is 3.69. The van der Waals surface area contributed by atoms with Crippen molar-refractivity contribution in [1.82, 2.24) is 14.3 Å². The van der Waals surface area contributed by atoms with Gasteiger partial charge >= 0.3 is 0 Å². The normalized spacial score (nSPS) is 14.8. The third kappa shape index (κ3) is 1.66. The summed E-state index contributed by atoms with van der Waals surface area (Å²) < 4.78 is 16.9. The molecule has 0 saturated heterocycles. The van der Waals surface area contributed by atoms with E-state index >= 15 is 0 Å². The summed E-state index contributed by atoms with van der Waals surface area (Å²) >= 11 is 0. The van der Waals surface area contributed by atoms with Gasteiger partial charge in [-0.1, -0.05) is 18.2 Å². The molecule has 0 bridgehead atoms. The second-order valence-electron chi connectivity index (χ2n) is 5.13. The molecule has 0 spiro atoms. The standard InChI is InChI=1S/C15H12FN3O/c16-13-7-19(15(20)12-4-2-1-3-11(12)13)18-8-14(17-9-18)10-5-6-10/h1-4,7-10H,5-6H2. The molecular formula is C15H12FN3O. The second-order valence-corrected chi connectivity index (χ2v) is 5.13. The number of aromatic nitrogens is 3. The highest BCUT2D eigenvalue weighted by atomic mass is 19.1. The Balaban J connectivity index is 1.94. The van der Waals surface area contributed by atoms with Gasteiger partial charge in [-0.3, -0.25) is 4.79 Å². The van der Waals surface area contributed by atoms with E-state index in [0.717, 1.165) is 18.5 Å². The smallest absolute Gasteiger partial charge is 0.267 e. The summed E-state index contributed by atoms with van der Waals surface area (Å²) in [6.07, 6.45) is 6.84. The molecule has 0 atom stereocenters. The Morgan fingerprint density at radius 2 is 1.90 bits per heavy atom. The first-order valence-corrected chi connectivity index (χ1v) is 6.58. The number of nitrogens with zero attached hydrogens (tertiary/aromatic N) is 3. The molecule has 0 unspecified atom stereocenters. The lowest BCUT2D eigenvalue weighted by molar-refractivity contribution is 0.573. The predicted molar refractivity (Wildman–Crippen MR) is 73.2 cm³/mol. The first kappa shape index (κ1) is 11.4. The van der Waals surface area contributed by atoms with E-state index in [4.69, 9.17) is 0 Å². The van der Waals surface area contributed by atoms with Crippen molar-refractivity contribution in [2.45, 2.75) is 18.8 Å². The lowest BCUT2D eigenvalue weighted by atomic mass is 10.2. The fourth-order valence-electron chi connectivity index (χ4n) is 2.44. The Kier molecular flexibility index (Phi) is 2.30. The molecule has 4 nitrogen and oxygen atoms in total. The molecule has 2 heterocycles. The number of hydrogen-bond donors (Lipinski definition) is 0. The highest BCUT2D eigenvalue weighted by Crippen LogP contribution is 2.38. The van der Waals surface area contributed by atoms with E-state index in [2.05, 4.69) is 4.98 Å². The van der Waals surface area contributed by atoms with Crippen molar-refractivity contribution in [3.63, 3.8) is 0 Å². The molecule has 5 heteroatoms. The molecule has 1 aliphatic rings. The Hall–Kier alpha value is -2.43. The van der Waals surface area contributed by atoms with Crippen molar-refractivity contribution in [2.24, 2.45) is 0 Å². The van der Waals surface area contributed by atoms with Gasteiger partial charge < -0.3 is 0 Å². The van der Waals surface area contributed by atoms with Crippen LogP contribution in [0.2, 0.25) is 0 Å². The summed E-state index contributed by atoms with van der Waals surface area (Å²) in [5, 5.41) is 0.713. The summed E-state index contributed by atoms with van der Waals surface area (Å²) in [5.74, 6) is 0.0825. The number of halogens is 1. The molecule has 0 amide bonds. The Morgan fingerprint density at radius 1 is 1.15 bits per heavy atom. The van der Waals surface area contributed by atoms with Crippen LogP contribution in [0.15, 0.2) is 47.8 Å². The van der Waals surface area contributed by atoms with Gasteiger partial charge in [-0.25, -0.2) is 18.7 Å². The molecule has 2 aromatic heterocycles. The Morgan fingerprint density at radius 3 is 2.65 bits per heavy atom. The third-order valence-electron chi connectivity index (χ3n) is 3.69. The number of hydrogen-bond acceptors (Lipinski definition) is 2. The van der Waals surface area contributed by atoms with Gasteiger partial charge in [0.15, 0.2) is 0 Å². The van der Waals surface area contributed by atoms with E-state index in [9.17, 15) is 9.18 Å². The van der Waals surface area contributed by atoms with Crippen LogP contribution in [0.1, 0.15) is 24.5 Å². The molecule has 1 aliphatic carbocycles. The van der Waals surface area contributed by atoms with Crippen molar-refractivity contribution in [1.29, 1.82) is 0 Å². The molecule has 0 aliphatic heterocycles. The molecule has 100 valence electrons. The van der Waals surface area contributed by atoms with Crippen LogP contribution in [0.25, 0.3) is 10.8 Å². The zero-order chi connectivity index (χ0) is 13.7. The molecule has 0 radical (unpaired) electrons. The topological polar surface area (TPSA) is 39.8 Å². The molecule has 20 heavy (non-hydrogen) atoms. The number of pyridine rings is 1. The van der Waals surface area contributed by atoms with Gasteiger partial charge in [0.2, 0.25) is 0 Å². The highest BCUT2D eigenvalue weighted by molar-refractivity contribution is 5.81. The minimum atomic E-state index is -0.415. The maximum atomic E-state index is 14.1. The second kappa shape index (κ2) is 4.03. The van der Waals surface area contributed by atoms with Gasteiger partial charge in [-0.15, -0.1) is 0 Å². The van der Waals surface area contributed by atoms with E-state index in [1.165, 1.54) is 10.9 Å². The fraction of sp³-hybridized carbons (Fsp3) is 0.200. The summed E-state index contributed by atoms with van der Waals surface area (Å²) in [6.45, 7) is 0. The SMILES string of the molecule is O=c1c2ccccc2c(F)cn1-n1cnc(C2CC2)c1. The summed E-state index contributed by atoms with van der Waals surface area (Å²) in [6, 6.07) is 6.70. The first-order valence-electron chi connectivity index (χ1n) is 6.58. The lowest BCUT2D eigenvalue weighted by Crippen LogP contribution is -2.25. The van der Waals surface area contributed by atoms with E-state index in [0.29, 0.717) is 16.7 Å². The lowest BCUT2D eigenvalue weighted by Gasteiger charge is -2.08. The minimum absolute atomic E-state index is 0.248. The average Bonchev–Trinajstić information content (AvgIpc) is 3.21. The fourth-order valence-corrected chi connectivity index (χ4v) is 2.44. The Labute approximate surface area is 114 Å². The number of imidazole rings is 1. The van der Waals surface area contributed by atoms with Crippen molar-refractivity contribution < 1.29 is 4.39 Å². The van der Waals surface area contributed by atoms with Crippen LogP contribution in [-0.2, 0) is 0 Å². The van der Waals surface area contributed by atoms with Gasteiger partial charge in [0.05, 0.1) is 23.5 Å². The maximum Gasteiger partial charge on any atom is 0.277 e. The van der Waals surface area contributed by atoms with E-state index < -0.39 is 5.82 Å². The molecular weight excluding hydrogens is 257 g/mol. The van der Waals surface area contributed by atoms with Gasteiger partial charge in [0.1, 0.15) is 12.1 Å². The van der Waals surface area contributed by atoms with Gasteiger partial charge in [-0.05, 0) is 18.9 Å². The van der Waals surface area contributed by atoms with Crippen molar-refractivity contribution in [3.8, 4) is 0 Å². The number of benzene rings is 1. The van der Waals surface area contributed by atoms with Crippen LogP contribution in [0.3, 0.4) is 0 Å². The van der Waals surface area contributed by atoms with Crippen LogP contribution >= 0.6 is 0 Å². The van der Waals surface area contributed by atoms with Crippen LogP contribution in [0.4, 0.5) is 4.39 Å². The van der Waals surface area contributed by atoms with Gasteiger partial charge in [-0.2, -0.15) is 0 Å². The average molecular weight is 269 g/mol. The van der Waals surface area contributed by atoms with Gasteiger partial charge in [0.25, 0.3) is 5.56 Å². The number of rotatable bonds is 2. The van der Waals surface area contributed by atoms with Crippen molar-refractivity contribution in [2.75, 3.05) is 0 Å². The zero-order valence-electron chi connectivity index (χ0n) is 10.7. The van der Waals surface area contributed by atoms with Crippen molar-refractivity contribution in [3.05, 3.63) is 64.9 Å². The van der Waals surface area contributed by atoms with E-state index in [1.807, 2.05) is 0 Å². The highest BCUT2D eigenvalue weighted by Gasteiger charge is 2.26. The van der Waals surface area contributed by atoms with Crippen LogP contribution in [0, 0.1) is 5.82 Å². The quantitative estimate of drug-likeness (QED) is 0.717. The molecule has 3 aromatic rings. The summed E-state index contributed by atoms with van der Waals surface area (Å²) in [4.78, 5) is 16.7. The predicted octanol–water partition coefficient (Wildman–Crippen LogP) is 2.53. The molecule has 1 aromatic carbocycles. The molecule has 1 saturated carbocycles. The molecule has 0 N–H and O–H groups in total. The largest absolute Gasteiger partial charge is 0.277 e.